The van der Waals surface area contributed by atoms with E-state index in [1.165, 1.54) is 0 Å². The summed E-state index contributed by atoms with van der Waals surface area (Å²) in [6.07, 6.45) is 0.992. The lowest BCUT2D eigenvalue weighted by Gasteiger charge is -2.05. The van der Waals surface area contributed by atoms with Crippen molar-refractivity contribution in [3.8, 4) is 5.75 Å². The third kappa shape index (κ3) is 4.87. The molecule has 2 aromatic rings. The van der Waals surface area contributed by atoms with Gasteiger partial charge in [-0.05, 0) is 25.1 Å². The zero-order valence-electron chi connectivity index (χ0n) is 12.7. The first-order chi connectivity index (χ1) is 11.5. The van der Waals surface area contributed by atoms with Gasteiger partial charge in [0.2, 0.25) is 0 Å². The fourth-order valence-corrected chi connectivity index (χ4v) is 1.73. The minimum atomic E-state index is -0.686. The Bertz CT molecular complexity index is 775. The predicted molar refractivity (Wildman–Crippen MR) is 85.5 cm³/mol. The van der Waals surface area contributed by atoms with Crippen molar-refractivity contribution in [2.24, 2.45) is 5.10 Å². The predicted octanol–water partition coefficient (Wildman–Crippen LogP) is 2.57. The maximum Gasteiger partial charge on any atom is 0.277 e. The molecule has 0 fully saturated rings. The highest BCUT2D eigenvalue weighted by atomic mass is 19.1. The van der Waals surface area contributed by atoms with E-state index < -0.39 is 16.6 Å². The minimum Gasteiger partial charge on any atom is -0.484 e. The molecule has 124 valence electrons. The van der Waals surface area contributed by atoms with Crippen molar-refractivity contribution in [3.05, 3.63) is 69.5 Å². The fourth-order valence-electron chi connectivity index (χ4n) is 1.73. The van der Waals surface area contributed by atoms with Gasteiger partial charge in [0, 0.05) is 17.7 Å². The number of ether oxygens (including phenoxy) is 1. The van der Waals surface area contributed by atoms with Crippen molar-refractivity contribution in [1.82, 2.24) is 5.43 Å². The van der Waals surface area contributed by atoms with Gasteiger partial charge in [-0.25, -0.2) is 9.82 Å². The number of hydrogen-bond donors (Lipinski definition) is 1. The topological polar surface area (TPSA) is 93.8 Å². The molecule has 2 rings (SSSR count). The summed E-state index contributed by atoms with van der Waals surface area (Å²) in [5.41, 5.74) is 2.84. The second kappa shape index (κ2) is 7.82. The van der Waals surface area contributed by atoms with Crippen LogP contribution in [0, 0.1) is 22.9 Å². The van der Waals surface area contributed by atoms with E-state index in [1.807, 2.05) is 19.1 Å². The summed E-state index contributed by atoms with van der Waals surface area (Å²) in [5.74, 6) is -0.698. The standard InChI is InChI=1S/C16H14FN3O4/c1-11-2-5-14(6-3-11)24-10-16(21)19-18-9-12-8-13(20(22)23)4-7-15(12)17/h2-9H,10H2,1H3,(H,19,21)/b18-9-. The third-order valence-corrected chi connectivity index (χ3v) is 2.97. The van der Waals surface area contributed by atoms with Gasteiger partial charge >= 0.3 is 0 Å². The number of hydrogen-bond acceptors (Lipinski definition) is 5. The number of carbonyl (C=O) groups excluding carboxylic acids is 1. The highest BCUT2D eigenvalue weighted by Crippen LogP contribution is 2.15. The van der Waals surface area contributed by atoms with Crippen LogP contribution in [0.4, 0.5) is 10.1 Å². The van der Waals surface area contributed by atoms with Crippen LogP contribution in [0.1, 0.15) is 11.1 Å². The highest BCUT2D eigenvalue weighted by Gasteiger charge is 2.09. The van der Waals surface area contributed by atoms with Crippen LogP contribution < -0.4 is 10.2 Å². The lowest BCUT2D eigenvalue weighted by atomic mass is 10.2. The molecule has 0 unspecified atom stereocenters. The van der Waals surface area contributed by atoms with E-state index in [-0.39, 0.29) is 17.9 Å². The van der Waals surface area contributed by atoms with E-state index in [9.17, 15) is 19.3 Å². The summed E-state index contributed by atoms with van der Waals surface area (Å²) in [6.45, 7) is 1.66. The van der Waals surface area contributed by atoms with E-state index in [0.29, 0.717) is 5.75 Å². The lowest BCUT2D eigenvalue weighted by molar-refractivity contribution is -0.384. The quantitative estimate of drug-likeness (QED) is 0.500. The van der Waals surface area contributed by atoms with Crippen molar-refractivity contribution < 1.29 is 18.8 Å². The van der Waals surface area contributed by atoms with Gasteiger partial charge in [-0.15, -0.1) is 0 Å². The molecule has 0 heterocycles. The Morgan fingerprint density at radius 3 is 2.71 bits per heavy atom. The van der Waals surface area contributed by atoms with Crippen LogP contribution in [-0.2, 0) is 4.79 Å². The monoisotopic (exact) mass is 331 g/mol. The van der Waals surface area contributed by atoms with Crippen LogP contribution in [0.25, 0.3) is 0 Å². The molecule has 0 aliphatic heterocycles. The van der Waals surface area contributed by atoms with Crippen LogP contribution in [0.15, 0.2) is 47.6 Å². The molecule has 0 atom stereocenters. The van der Waals surface area contributed by atoms with Crippen LogP contribution in [-0.4, -0.2) is 23.7 Å². The zero-order chi connectivity index (χ0) is 17.5. The SMILES string of the molecule is Cc1ccc(OCC(=O)N/N=C\c2cc([N+](=O)[O-])ccc2F)cc1. The summed E-state index contributed by atoms with van der Waals surface area (Å²) in [7, 11) is 0. The van der Waals surface area contributed by atoms with Gasteiger partial charge < -0.3 is 4.74 Å². The molecule has 1 amide bonds. The molecule has 0 aliphatic rings. The second-order valence-electron chi connectivity index (χ2n) is 4.86. The van der Waals surface area contributed by atoms with Crippen molar-refractivity contribution >= 4 is 17.8 Å². The molecule has 1 N–H and O–H groups in total. The molecule has 0 aromatic heterocycles. The van der Waals surface area contributed by atoms with Crippen molar-refractivity contribution in [1.29, 1.82) is 0 Å². The van der Waals surface area contributed by atoms with Gasteiger partial charge in [0.15, 0.2) is 6.61 Å². The van der Waals surface area contributed by atoms with E-state index in [2.05, 4.69) is 10.5 Å². The first-order valence-electron chi connectivity index (χ1n) is 6.91. The fraction of sp³-hybridized carbons (Fsp3) is 0.125. The first kappa shape index (κ1) is 17.1. The number of nitro benzene ring substituents is 1. The van der Waals surface area contributed by atoms with Crippen LogP contribution >= 0.6 is 0 Å². The second-order valence-corrected chi connectivity index (χ2v) is 4.86. The minimum absolute atomic E-state index is 0.107. The smallest absolute Gasteiger partial charge is 0.277 e. The molecule has 7 nitrogen and oxygen atoms in total. The van der Waals surface area contributed by atoms with E-state index in [4.69, 9.17) is 4.74 Å². The number of benzene rings is 2. The lowest BCUT2D eigenvalue weighted by Crippen LogP contribution is -2.24. The van der Waals surface area contributed by atoms with Gasteiger partial charge in [-0.1, -0.05) is 17.7 Å². The average molecular weight is 331 g/mol. The Kier molecular flexibility index (Phi) is 5.56. The number of rotatable bonds is 6. The summed E-state index contributed by atoms with van der Waals surface area (Å²) < 4.78 is 18.8. The number of amides is 1. The number of carbonyl (C=O) groups is 1. The van der Waals surface area contributed by atoms with Crippen LogP contribution in [0.2, 0.25) is 0 Å². The number of halogens is 1. The Hall–Kier alpha value is -3.29. The number of nitrogens with one attached hydrogen (secondary N) is 1. The Balaban J connectivity index is 1.89. The Labute approximate surface area is 136 Å². The molecular formula is C16H14FN3O4. The summed E-state index contributed by atoms with van der Waals surface area (Å²) in [5, 5.41) is 14.2. The maximum atomic E-state index is 13.5. The number of non-ortho nitro benzene ring substituents is 1. The number of hydrazone groups is 1. The molecule has 0 spiro atoms. The molecule has 0 saturated carbocycles. The van der Waals surface area contributed by atoms with Gasteiger partial charge in [0.05, 0.1) is 11.1 Å². The summed E-state index contributed by atoms with van der Waals surface area (Å²) in [6, 6.07) is 10.2. The third-order valence-electron chi connectivity index (χ3n) is 2.97. The van der Waals surface area contributed by atoms with Crippen molar-refractivity contribution in [3.63, 3.8) is 0 Å². The number of nitro groups is 1. The highest BCUT2D eigenvalue weighted by molar-refractivity contribution is 5.83. The van der Waals surface area contributed by atoms with E-state index in [1.54, 1.807) is 12.1 Å². The van der Waals surface area contributed by atoms with Gasteiger partial charge in [-0.3, -0.25) is 14.9 Å². The molecule has 0 saturated heterocycles. The zero-order valence-corrected chi connectivity index (χ0v) is 12.7. The molecule has 0 bridgehead atoms. The van der Waals surface area contributed by atoms with E-state index in [0.717, 1.165) is 30.0 Å². The van der Waals surface area contributed by atoms with Crippen LogP contribution in [0.3, 0.4) is 0 Å². The Morgan fingerprint density at radius 1 is 1.33 bits per heavy atom. The number of aryl methyl sites for hydroxylation is 1. The van der Waals surface area contributed by atoms with Crippen molar-refractivity contribution in [2.45, 2.75) is 6.92 Å². The van der Waals surface area contributed by atoms with Gasteiger partial charge in [-0.2, -0.15) is 5.10 Å². The summed E-state index contributed by atoms with van der Waals surface area (Å²) in [4.78, 5) is 21.6. The van der Waals surface area contributed by atoms with Crippen molar-refractivity contribution in [2.75, 3.05) is 6.61 Å². The molecule has 2 aromatic carbocycles. The average Bonchev–Trinajstić information content (AvgIpc) is 2.56. The largest absolute Gasteiger partial charge is 0.484 e. The van der Waals surface area contributed by atoms with E-state index >= 15 is 0 Å². The normalized spacial score (nSPS) is 10.6. The van der Waals surface area contributed by atoms with Crippen LogP contribution in [0.5, 0.6) is 5.75 Å². The summed E-state index contributed by atoms with van der Waals surface area (Å²) >= 11 is 0. The molecular weight excluding hydrogens is 317 g/mol. The van der Waals surface area contributed by atoms with Gasteiger partial charge in [0.1, 0.15) is 11.6 Å². The molecule has 0 radical (unpaired) electrons. The Morgan fingerprint density at radius 2 is 2.04 bits per heavy atom. The molecule has 8 heteroatoms. The first-order valence-corrected chi connectivity index (χ1v) is 6.91. The van der Waals surface area contributed by atoms with Gasteiger partial charge in [0.25, 0.3) is 11.6 Å². The maximum absolute atomic E-state index is 13.5. The number of nitrogens with zero attached hydrogens (tertiary/aromatic N) is 2. The molecule has 24 heavy (non-hydrogen) atoms. The molecule has 0 aliphatic carbocycles.